The van der Waals surface area contributed by atoms with E-state index in [2.05, 4.69) is 16.9 Å². The number of rotatable bonds is 10. The zero-order valence-corrected chi connectivity index (χ0v) is 19.9. The highest BCUT2D eigenvalue weighted by Crippen LogP contribution is 2.28. The van der Waals surface area contributed by atoms with Gasteiger partial charge < -0.3 is 19.8 Å². The molecule has 2 aromatic heterocycles. The average molecular weight is 479 g/mol. The highest BCUT2D eigenvalue weighted by Gasteiger charge is 2.16. The number of nitrogens with zero attached hydrogens (tertiary/aromatic N) is 2. The summed E-state index contributed by atoms with van der Waals surface area (Å²) in [5, 5.41) is 4.28. The molecular formula is C25H26N4O4S. The first-order chi connectivity index (χ1) is 16.5. The van der Waals surface area contributed by atoms with Gasteiger partial charge in [-0.3, -0.25) is 14.2 Å². The van der Waals surface area contributed by atoms with Crippen LogP contribution >= 0.6 is 11.8 Å². The number of thioether (sulfide) groups is 1. The topological polar surface area (TPSA) is 98.2 Å². The highest BCUT2D eigenvalue weighted by molar-refractivity contribution is 7.99. The molecule has 2 heterocycles. The second-order valence-electron chi connectivity index (χ2n) is 7.57. The van der Waals surface area contributed by atoms with E-state index >= 15 is 0 Å². The van der Waals surface area contributed by atoms with Crippen molar-refractivity contribution in [2.75, 3.05) is 26.5 Å². The van der Waals surface area contributed by atoms with Crippen molar-refractivity contribution in [3.63, 3.8) is 0 Å². The molecule has 0 aliphatic carbocycles. The van der Waals surface area contributed by atoms with Gasteiger partial charge in [-0.05, 0) is 30.2 Å². The number of carbonyl (C=O) groups excluding carboxylic acids is 1. The summed E-state index contributed by atoms with van der Waals surface area (Å²) in [7, 11) is 3.18. The number of allylic oxidation sites excluding steroid dienone is 1. The van der Waals surface area contributed by atoms with Gasteiger partial charge in [0.25, 0.3) is 5.56 Å². The summed E-state index contributed by atoms with van der Waals surface area (Å²) < 4.78 is 12.1. The quantitative estimate of drug-likeness (QED) is 0.206. The van der Waals surface area contributed by atoms with Crippen LogP contribution in [0.5, 0.6) is 11.5 Å². The largest absolute Gasteiger partial charge is 0.493 e. The van der Waals surface area contributed by atoms with Crippen LogP contribution in [0, 0.1) is 0 Å². The Morgan fingerprint density at radius 1 is 1.21 bits per heavy atom. The van der Waals surface area contributed by atoms with E-state index in [1.807, 2.05) is 42.5 Å². The Bertz CT molecular complexity index is 1410. The molecule has 0 fully saturated rings. The fraction of sp³-hybridized carbons (Fsp3) is 0.240. The number of aromatic amines is 1. The molecule has 0 aliphatic heterocycles. The van der Waals surface area contributed by atoms with Crippen molar-refractivity contribution < 1.29 is 14.3 Å². The Labute approximate surface area is 201 Å². The first kappa shape index (κ1) is 23.4. The lowest BCUT2D eigenvalue weighted by Gasteiger charge is -2.11. The Morgan fingerprint density at radius 3 is 2.76 bits per heavy atom. The predicted octanol–water partition coefficient (Wildman–Crippen LogP) is 3.53. The van der Waals surface area contributed by atoms with Gasteiger partial charge in [-0.25, -0.2) is 4.98 Å². The number of aromatic nitrogens is 3. The second-order valence-corrected chi connectivity index (χ2v) is 8.51. The molecular weight excluding hydrogens is 452 g/mol. The van der Waals surface area contributed by atoms with Gasteiger partial charge in [-0.15, -0.1) is 6.58 Å². The summed E-state index contributed by atoms with van der Waals surface area (Å²) >= 11 is 1.23. The maximum Gasteiger partial charge on any atom is 0.278 e. The minimum Gasteiger partial charge on any atom is -0.493 e. The van der Waals surface area contributed by atoms with Gasteiger partial charge in [0.05, 0.1) is 20.0 Å². The Balaban J connectivity index is 1.44. The van der Waals surface area contributed by atoms with Crippen LogP contribution in [0.25, 0.3) is 21.9 Å². The number of carbonyl (C=O) groups is 1. The number of nitrogens with one attached hydrogen (secondary N) is 2. The Hall–Kier alpha value is -3.72. The third kappa shape index (κ3) is 4.79. The molecule has 0 aliphatic rings. The van der Waals surface area contributed by atoms with Gasteiger partial charge >= 0.3 is 0 Å². The second kappa shape index (κ2) is 10.5. The smallest absolute Gasteiger partial charge is 0.278 e. The van der Waals surface area contributed by atoms with Crippen LogP contribution in [0.4, 0.5) is 0 Å². The van der Waals surface area contributed by atoms with E-state index in [1.54, 1.807) is 20.3 Å². The van der Waals surface area contributed by atoms with E-state index in [0.717, 1.165) is 16.5 Å². The van der Waals surface area contributed by atoms with E-state index in [4.69, 9.17) is 14.5 Å². The number of fused-ring (bicyclic) bond motifs is 3. The fourth-order valence-corrected chi connectivity index (χ4v) is 4.57. The lowest BCUT2D eigenvalue weighted by molar-refractivity contribution is -0.118. The SMILES string of the molecule is C=CCn1c(SCC(=O)NCCc2ccc(OC)c(OC)c2)nc2c([nH]c3ccccc32)c1=O. The van der Waals surface area contributed by atoms with Crippen molar-refractivity contribution in [2.24, 2.45) is 0 Å². The van der Waals surface area contributed by atoms with E-state index < -0.39 is 0 Å². The fourth-order valence-electron chi connectivity index (χ4n) is 3.74. The van der Waals surface area contributed by atoms with Crippen molar-refractivity contribution in [2.45, 2.75) is 18.1 Å². The summed E-state index contributed by atoms with van der Waals surface area (Å²) in [4.78, 5) is 33.5. The van der Waals surface area contributed by atoms with Gasteiger partial charge in [0.2, 0.25) is 5.91 Å². The molecule has 0 unspecified atom stereocenters. The lowest BCUT2D eigenvalue weighted by atomic mass is 10.1. The predicted molar refractivity (Wildman–Crippen MR) is 135 cm³/mol. The molecule has 4 aromatic rings. The van der Waals surface area contributed by atoms with Crippen LogP contribution in [0.1, 0.15) is 5.56 Å². The van der Waals surface area contributed by atoms with Crippen molar-refractivity contribution in [1.82, 2.24) is 19.9 Å². The Kier molecular flexibility index (Phi) is 7.22. The minimum atomic E-state index is -0.183. The normalized spacial score (nSPS) is 11.0. The van der Waals surface area contributed by atoms with Crippen LogP contribution < -0.4 is 20.3 Å². The van der Waals surface area contributed by atoms with E-state index in [-0.39, 0.29) is 17.2 Å². The third-order valence-corrected chi connectivity index (χ3v) is 6.38. The average Bonchev–Trinajstić information content (AvgIpc) is 3.23. The zero-order valence-electron chi connectivity index (χ0n) is 19.1. The van der Waals surface area contributed by atoms with Crippen LogP contribution in [-0.4, -0.2) is 47.0 Å². The number of hydrogen-bond donors (Lipinski definition) is 2. The van der Waals surface area contributed by atoms with Crippen molar-refractivity contribution in [3.05, 3.63) is 71.0 Å². The minimum absolute atomic E-state index is 0.135. The summed E-state index contributed by atoms with van der Waals surface area (Å²) in [6.07, 6.45) is 2.29. The highest BCUT2D eigenvalue weighted by atomic mass is 32.2. The van der Waals surface area contributed by atoms with Gasteiger partial charge in [0.1, 0.15) is 11.0 Å². The number of hydrogen-bond acceptors (Lipinski definition) is 6. The molecule has 0 spiro atoms. The molecule has 1 amide bonds. The van der Waals surface area contributed by atoms with Crippen molar-refractivity contribution in [3.8, 4) is 11.5 Å². The van der Waals surface area contributed by atoms with Gasteiger partial charge in [0, 0.05) is 24.0 Å². The molecule has 34 heavy (non-hydrogen) atoms. The molecule has 9 heteroatoms. The summed E-state index contributed by atoms with van der Waals surface area (Å²) in [6, 6.07) is 13.3. The molecule has 2 N–H and O–H groups in total. The first-order valence-corrected chi connectivity index (χ1v) is 11.8. The van der Waals surface area contributed by atoms with Gasteiger partial charge in [-0.1, -0.05) is 42.1 Å². The van der Waals surface area contributed by atoms with Gasteiger partial charge in [0.15, 0.2) is 16.7 Å². The molecule has 0 bridgehead atoms. The maximum atomic E-state index is 13.1. The molecule has 8 nitrogen and oxygen atoms in total. The monoisotopic (exact) mass is 478 g/mol. The molecule has 0 saturated heterocycles. The number of methoxy groups -OCH3 is 2. The summed E-state index contributed by atoms with van der Waals surface area (Å²) in [5.74, 6) is 1.32. The van der Waals surface area contributed by atoms with E-state index in [9.17, 15) is 9.59 Å². The van der Waals surface area contributed by atoms with E-state index in [0.29, 0.717) is 47.2 Å². The number of benzene rings is 2. The summed E-state index contributed by atoms with van der Waals surface area (Å²) in [5.41, 5.74) is 2.75. The van der Waals surface area contributed by atoms with Crippen LogP contribution in [0.15, 0.2) is 65.1 Å². The molecule has 2 aromatic carbocycles. The summed E-state index contributed by atoms with van der Waals surface area (Å²) in [6.45, 7) is 4.53. The number of amides is 1. The number of para-hydroxylation sites is 1. The Morgan fingerprint density at radius 2 is 2.00 bits per heavy atom. The maximum absolute atomic E-state index is 13.1. The van der Waals surface area contributed by atoms with Crippen molar-refractivity contribution in [1.29, 1.82) is 0 Å². The van der Waals surface area contributed by atoms with Crippen LogP contribution in [0.2, 0.25) is 0 Å². The lowest BCUT2D eigenvalue weighted by Crippen LogP contribution is -2.28. The standard InChI is InChI=1S/C25H26N4O4S/c1-4-13-29-24(31)23-22(17-7-5-6-8-18(17)27-23)28-25(29)34-15-21(30)26-12-11-16-9-10-19(32-2)20(14-16)33-3/h4-10,14,27H,1,11-13,15H2,2-3H3,(H,26,30). The van der Waals surface area contributed by atoms with Gasteiger partial charge in [-0.2, -0.15) is 0 Å². The zero-order chi connectivity index (χ0) is 24.1. The molecule has 0 saturated carbocycles. The number of H-pyrrole nitrogens is 1. The van der Waals surface area contributed by atoms with Crippen LogP contribution in [-0.2, 0) is 17.8 Å². The molecule has 0 atom stereocenters. The molecule has 0 radical (unpaired) electrons. The molecule has 4 rings (SSSR count). The number of ether oxygens (including phenoxy) is 2. The molecule has 176 valence electrons. The third-order valence-electron chi connectivity index (χ3n) is 5.40. The first-order valence-electron chi connectivity index (χ1n) is 10.8. The van der Waals surface area contributed by atoms with Crippen LogP contribution in [0.3, 0.4) is 0 Å². The van der Waals surface area contributed by atoms with E-state index in [1.165, 1.54) is 16.3 Å². The van der Waals surface area contributed by atoms with Crippen molar-refractivity contribution >= 4 is 39.6 Å².